The Balaban J connectivity index is 2.10. The molecule has 1 fully saturated rings. The second kappa shape index (κ2) is 6.65. The van der Waals surface area contributed by atoms with Crippen LogP contribution in [0.2, 0.25) is 0 Å². The lowest BCUT2D eigenvalue weighted by Crippen LogP contribution is -2.46. The number of carboxylic acid groups (broad SMARTS) is 1. The molecule has 4 nitrogen and oxygen atoms in total. The van der Waals surface area contributed by atoms with Crippen molar-refractivity contribution in [2.45, 2.75) is 38.1 Å². The van der Waals surface area contributed by atoms with Crippen LogP contribution in [-0.4, -0.2) is 23.0 Å². The van der Waals surface area contributed by atoms with Gasteiger partial charge >= 0.3 is 5.97 Å². The number of nitrogens with one attached hydrogen (secondary N) is 1. The van der Waals surface area contributed by atoms with Crippen molar-refractivity contribution in [3.05, 3.63) is 35.4 Å². The molecule has 1 aliphatic rings. The van der Waals surface area contributed by atoms with E-state index in [9.17, 15) is 23.5 Å². The fourth-order valence-electron chi connectivity index (χ4n) is 2.71. The van der Waals surface area contributed by atoms with Crippen molar-refractivity contribution in [2.75, 3.05) is 0 Å². The molecule has 1 amide bonds. The van der Waals surface area contributed by atoms with Gasteiger partial charge in [-0.15, -0.1) is 0 Å². The Hall–Kier alpha value is -1.98. The molecule has 1 saturated carbocycles. The van der Waals surface area contributed by atoms with Crippen LogP contribution in [0.3, 0.4) is 0 Å². The van der Waals surface area contributed by atoms with Crippen LogP contribution in [0.4, 0.5) is 8.78 Å². The summed E-state index contributed by atoms with van der Waals surface area (Å²) in [6, 6.07) is 1.75. The first-order chi connectivity index (χ1) is 9.99. The van der Waals surface area contributed by atoms with E-state index in [1.807, 2.05) is 0 Å². The lowest BCUT2D eigenvalue weighted by molar-refractivity contribution is -0.141. The van der Waals surface area contributed by atoms with Gasteiger partial charge in [-0.2, -0.15) is 0 Å². The van der Waals surface area contributed by atoms with Crippen LogP contribution < -0.4 is 5.32 Å². The zero-order valence-electron chi connectivity index (χ0n) is 11.4. The predicted molar refractivity (Wildman–Crippen MR) is 71.8 cm³/mol. The number of carbonyl (C=O) groups is 2. The van der Waals surface area contributed by atoms with Gasteiger partial charge in [0.05, 0.1) is 0 Å². The van der Waals surface area contributed by atoms with E-state index in [0.29, 0.717) is 0 Å². The van der Waals surface area contributed by atoms with Crippen LogP contribution >= 0.6 is 0 Å². The summed E-state index contributed by atoms with van der Waals surface area (Å²) < 4.78 is 26.0. The molecule has 0 saturated heterocycles. The molecule has 0 aliphatic heterocycles. The van der Waals surface area contributed by atoms with E-state index in [1.54, 1.807) is 0 Å². The Labute approximate surface area is 121 Å². The van der Waals surface area contributed by atoms with E-state index in [-0.39, 0.29) is 11.5 Å². The molecule has 0 heterocycles. The molecular weight excluding hydrogens is 280 g/mol. The van der Waals surface area contributed by atoms with Crippen molar-refractivity contribution < 1.29 is 23.5 Å². The molecule has 0 aromatic heterocycles. The molecule has 114 valence electrons. The van der Waals surface area contributed by atoms with Gasteiger partial charge in [0.15, 0.2) is 11.6 Å². The minimum Gasteiger partial charge on any atom is -0.480 e. The fourth-order valence-corrected chi connectivity index (χ4v) is 2.71. The molecule has 0 radical (unpaired) electrons. The standard InChI is InChI=1S/C15H17F2NO3/c16-11-7-6-10(8-12(11)17)14(19)18-13(15(20)21)9-4-2-1-3-5-9/h6-9,13H,1-5H2,(H,18,19)(H,20,21). The average Bonchev–Trinajstić information content (AvgIpc) is 2.48. The van der Waals surface area contributed by atoms with E-state index < -0.39 is 29.6 Å². The molecule has 2 N–H and O–H groups in total. The maximum Gasteiger partial charge on any atom is 0.326 e. The molecule has 0 bridgehead atoms. The Kier molecular flexibility index (Phi) is 4.88. The number of amides is 1. The van der Waals surface area contributed by atoms with Crippen molar-refractivity contribution >= 4 is 11.9 Å². The van der Waals surface area contributed by atoms with Crippen LogP contribution in [0.1, 0.15) is 42.5 Å². The molecule has 1 aromatic rings. The molecule has 6 heteroatoms. The Morgan fingerprint density at radius 1 is 1.14 bits per heavy atom. The number of benzene rings is 1. The average molecular weight is 297 g/mol. The first kappa shape index (κ1) is 15.4. The van der Waals surface area contributed by atoms with Crippen LogP contribution in [0.5, 0.6) is 0 Å². The third kappa shape index (κ3) is 3.77. The minimum atomic E-state index is -1.13. The van der Waals surface area contributed by atoms with Gasteiger partial charge in [-0.3, -0.25) is 4.79 Å². The second-order valence-corrected chi connectivity index (χ2v) is 5.32. The highest BCUT2D eigenvalue weighted by molar-refractivity contribution is 5.96. The lowest BCUT2D eigenvalue weighted by atomic mass is 9.84. The highest BCUT2D eigenvalue weighted by Gasteiger charge is 2.31. The fraction of sp³-hybridized carbons (Fsp3) is 0.467. The van der Waals surface area contributed by atoms with Crippen LogP contribution in [0.15, 0.2) is 18.2 Å². The molecule has 1 unspecified atom stereocenters. The van der Waals surface area contributed by atoms with Gasteiger partial charge in [0.2, 0.25) is 0 Å². The number of hydrogen-bond donors (Lipinski definition) is 2. The molecule has 2 rings (SSSR count). The summed E-state index contributed by atoms with van der Waals surface area (Å²) >= 11 is 0. The Bertz CT molecular complexity index is 542. The van der Waals surface area contributed by atoms with Crippen LogP contribution in [0.25, 0.3) is 0 Å². The van der Waals surface area contributed by atoms with E-state index in [1.165, 1.54) is 0 Å². The molecule has 21 heavy (non-hydrogen) atoms. The van der Waals surface area contributed by atoms with E-state index >= 15 is 0 Å². The number of carbonyl (C=O) groups excluding carboxylic acids is 1. The van der Waals surface area contributed by atoms with Crippen molar-refractivity contribution in [3.8, 4) is 0 Å². The minimum absolute atomic E-state index is 0.0871. The number of hydrogen-bond acceptors (Lipinski definition) is 2. The van der Waals surface area contributed by atoms with Crippen molar-refractivity contribution in [2.24, 2.45) is 5.92 Å². The highest BCUT2D eigenvalue weighted by Crippen LogP contribution is 2.26. The first-order valence-electron chi connectivity index (χ1n) is 6.98. The lowest BCUT2D eigenvalue weighted by Gasteiger charge is -2.28. The van der Waals surface area contributed by atoms with Gasteiger partial charge in [0, 0.05) is 5.56 Å². The summed E-state index contributed by atoms with van der Waals surface area (Å²) in [5, 5.41) is 11.7. The third-order valence-corrected chi connectivity index (χ3v) is 3.86. The quantitative estimate of drug-likeness (QED) is 0.898. The summed E-state index contributed by atoms with van der Waals surface area (Å²) in [7, 11) is 0. The predicted octanol–water partition coefficient (Wildman–Crippen LogP) is 2.73. The zero-order chi connectivity index (χ0) is 15.4. The molecule has 1 aliphatic carbocycles. The van der Waals surface area contributed by atoms with Crippen molar-refractivity contribution in [3.63, 3.8) is 0 Å². The number of halogens is 2. The van der Waals surface area contributed by atoms with Crippen molar-refractivity contribution in [1.82, 2.24) is 5.32 Å². The van der Waals surface area contributed by atoms with E-state index in [2.05, 4.69) is 5.32 Å². The van der Waals surface area contributed by atoms with Crippen molar-refractivity contribution in [1.29, 1.82) is 0 Å². The molecule has 1 aromatic carbocycles. The summed E-state index contributed by atoms with van der Waals surface area (Å²) in [5.74, 6) is -4.10. The summed E-state index contributed by atoms with van der Waals surface area (Å²) in [6.45, 7) is 0. The van der Waals surface area contributed by atoms with Gasteiger partial charge in [0.1, 0.15) is 6.04 Å². The summed E-state index contributed by atoms with van der Waals surface area (Å²) in [5.41, 5.74) is -0.0871. The number of carboxylic acids is 1. The Morgan fingerprint density at radius 2 is 1.81 bits per heavy atom. The van der Waals surface area contributed by atoms with Crippen LogP contribution in [0, 0.1) is 17.6 Å². The monoisotopic (exact) mass is 297 g/mol. The van der Waals surface area contributed by atoms with Gasteiger partial charge in [0.25, 0.3) is 5.91 Å². The summed E-state index contributed by atoms with van der Waals surface area (Å²) in [6.07, 6.45) is 4.44. The normalized spacial score (nSPS) is 17.2. The number of rotatable bonds is 4. The molecule has 0 spiro atoms. The van der Waals surface area contributed by atoms with Gasteiger partial charge in [-0.05, 0) is 37.0 Å². The molecular formula is C15H17F2NO3. The third-order valence-electron chi connectivity index (χ3n) is 3.86. The van der Waals surface area contributed by atoms with E-state index in [4.69, 9.17) is 0 Å². The smallest absolute Gasteiger partial charge is 0.326 e. The highest BCUT2D eigenvalue weighted by atomic mass is 19.2. The summed E-state index contributed by atoms with van der Waals surface area (Å²) in [4.78, 5) is 23.3. The van der Waals surface area contributed by atoms with Gasteiger partial charge in [-0.1, -0.05) is 19.3 Å². The maximum atomic E-state index is 13.1. The second-order valence-electron chi connectivity index (χ2n) is 5.32. The van der Waals surface area contributed by atoms with Gasteiger partial charge < -0.3 is 10.4 Å². The van der Waals surface area contributed by atoms with Crippen LogP contribution in [-0.2, 0) is 4.79 Å². The van der Waals surface area contributed by atoms with Gasteiger partial charge in [-0.25, -0.2) is 13.6 Å². The zero-order valence-corrected chi connectivity index (χ0v) is 11.4. The largest absolute Gasteiger partial charge is 0.480 e. The maximum absolute atomic E-state index is 13.1. The van der Waals surface area contributed by atoms with E-state index in [0.717, 1.165) is 50.3 Å². The first-order valence-corrected chi connectivity index (χ1v) is 6.98. The SMILES string of the molecule is O=C(NC(C(=O)O)C1CCCCC1)c1ccc(F)c(F)c1. The number of aliphatic carboxylic acids is 1. The molecule has 1 atom stereocenters. The Morgan fingerprint density at radius 3 is 2.38 bits per heavy atom. The topological polar surface area (TPSA) is 66.4 Å².